The van der Waals surface area contributed by atoms with Gasteiger partial charge in [0.2, 0.25) is 5.91 Å². The molecule has 0 fully saturated rings. The number of carbonyl (C=O) groups is 4. The molecule has 0 saturated heterocycles. The second-order valence-electron chi connectivity index (χ2n) is 7.55. The minimum absolute atomic E-state index is 0.0227. The Labute approximate surface area is 233 Å². The van der Waals surface area contributed by atoms with E-state index in [1.165, 1.54) is 4.90 Å². The van der Waals surface area contributed by atoms with E-state index < -0.39 is 24.3 Å². The van der Waals surface area contributed by atoms with Crippen molar-refractivity contribution in [1.29, 1.82) is 0 Å². The SMILES string of the molecule is CCOC(=O)CCN(C(=O)CC(=O)OCC)c1cccc(Cl)c1.CCOC(=O)CCNc1cccc(Cl)c1. The van der Waals surface area contributed by atoms with Crippen molar-refractivity contribution < 1.29 is 33.4 Å². The average molecular weight is 569 g/mol. The summed E-state index contributed by atoms with van der Waals surface area (Å²) in [7, 11) is 0. The molecule has 1 amide bonds. The van der Waals surface area contributed by atoms with Gasteiger partial charge in [-0.05, 0) is 57.2 Å². The summed E-state index contributed by atoms with van der Waals surface area (Å²) in [5.74, 6) is -1.67. The number of hydrogen-bond acceptors (Lipinski definition) is 8. The van der Waals surface area contributed by atoms with Gasteiger partial charge in [0.1, 0.15) is 6.42 Å². The number of nitrogens with one attached hydrogen (secondary N) is 1. The molecule has 9 nitrogen and oxygen atoms in total. The highest BCUT2D eigenvalue weighted by Gasteiger charge is 2.21. The van der Waals surface area contributed by atoms with E-state index in [0.29, 0.717) is 35.3 Å². The second kappa shape index (κ2) is 18.9. The van der Waals surface area contributed by atoms with Crippen LogP contribution in [0.2, 0.25) is 10.0 Å². The molecule has 0 aromatic heterocycles. The highest BCUT2D eigenvalue weighted by Crippen LogP contribution is 2.21. The molecule has 0 unspecified atom stereocenters. The van der Waals surface area contributed by atoms with Gasteiger partial charge in [-0.2, -0.15) is 0 Å². The molecule has 11 heteroatoms. The highest BCUT2D eigenvalue weighted by atomic mass is 35.5. The number of ether oxygens (including phenoxy) is 3. The molecule has 38 heavy (non-hydrogen) atoms. The van der Waals surface area contributed by atoms with Gasteiger partial charge in [0, 0.05) is 34.5 Å². The summed E-state index contributed by atoms with van der Waals surface area (Å²) in [5.41, 5.74) is 1.42. The Balaban J connectivity index is 0.000000415. The lowest BCUT2D eigenvalue weighted by Crippen LogP contribution is -2.35. The van der Waals surface area contributed by atoms with Crippen molar-refractivity contribution in [2.24, 2.45) is 0 Å². The maximum absolute atomic E-state index is 12.3. The largest absolute Gasteiger partial charge is 0.466 e. The Morgan fingerprint density at radius 1 is 0.763 bits per heavy atom. The monoisotopic (exact) mass is 568 g/mol. The Kier molecular flexibility index (Phi) is 16.3. The van der Waals surface area contributed by atoms with Crippen molar-refractivity contribution in [3.63, 3.8) is 0 Å². The molecule has 208 valence electrons. The minimum Gasteiger partial charge on any atom is -0.466 e. The lowest BCUT2D eigenvalue weighted by Gasteiger charge is -2.22. The van der Waals surface area contributed by atoms with Crippen LogP contribution in [0.3, 0.4) is 0 Å². The fourth-order valence-electron chi connectivity index (χ4n) is 3.05. The van der Waals surface area contributed by atoms with Gasteiger partial charge in [0.25, 0.3) is 0 Å². The third kappa shape index (κ3) is 13.9. The molecule has 0 radical (unpaired) electrons. The molecule has 0 spiro atoms. The summed E-state index contributed by atoms with van der Waals surface area (Å²) in [6.45, 7) is 6.71. The lowest BCUT2D eigenvalue weighted by atomic mass is 10.2. The van der Waals surface area contributed by atoms with Gasteiger partial charge in [-0.3, -0.25) is 19.2 Å². The van der Waals surface area contributed by atoms with Crippen LogP contribution in [-0.4, -0.2) is 56.7 Å². The van der Waals surface area contributed by atoms with Crippen molar-refractivity contribution in [2.45, 2.75) is 40.0 Å². The van der Waals surface area contributed by atoms with E-state index in [4.69, 9.17) is 37.4 Å². The summed E-state index contributed by atoms with van der Waals surface area (Å²) in [6.07, 6.45) is -0.0154. The Morgan fingerprint density at radius 2 is 1.32 bits per heavy atom. The zero-order valence-electron chi connectivity index (χ0n) is 21.8. The van der Waals surface area contributed by atoms with Gasteiger partial charge < -0.3 is 24.4 Å². The van der Waals surface area contributed by atoms with Gasteiger partial charge in [-0.1, -0.05) is 35.3 Å². The smallest absolute Gasteiger partial charge is 0.315 e. The van der Waals surface area contributed by atoms with E-state index >= 15 is 0 Å². The van der Waals surface area contributed by atoms with Crippen LogP contribution in [0.25, 0.3) is 0 Å². The molecule has 0 atom stereocenters. The lowest BCUT2D eigenvalue weighted by molar-refractivity contribution is -0.145. The highest BCUT2D eigenvalue weighted by molar-refractivity contribution is 6.31. The first-order valence-corrected chi connectivity index (χ1v) is 13.0. The molecule has 0 aliphatic rings. The number of rotatable bonds is 13. The van der Waals surface area contributed by atoms with Crippen LogP contribution in [0.1, 0.15) is 40.0 Å². The first kappa shape index (κ1) is 32.7. The van der Waals surface area contributed by atoms with Crippen LogP contribution >= 0.6 is 23.2 Å². The third-order valence-electron chi connectivity index (χ3n) is 4.65. The predicted molar refractivity (Wildman–Crippen MR) is 147 cm³/mol. The van der Waals surface area contributed by atoms with Crippen molar-refractivity contribution >= 4 is 58.4 Å². The summed E-state index contributed by atoms with van der Waals surface area (Å²) < 4.78 is 14.4. The van der Waals surface area contributed by atoms with Crippen LogP contribution < -0.4 is 10.2 Å². The molecule has 0 saturated carbocycles. The van der Waals surface area contributed by atoms with E-state index in [0.717, 1.165) is 5.69 Å². The van der Waals surface area contributed by atoms with Crippen LogP contribution in [-0.2, 0) is 33.4 Å². The van der Waals surface area contributed by atoms with Crippen molar-refractivity contribution in [2.75, 3.05) is 43.1 Å². The van der Waals surface area contributed by atoms with Gasteiger partial charge >= 0.3 is 17.9 Å². The summed E-state index contributed by atoms with van der Waals surface area (Å²) in [4.78, 5) is 47.7. The molecule has 2 aromatic rings. The summed E-state index contributed by atoms with van der Waals surface area (Å²) in [5, 5.41) is 4.22. The molecule has 0 heterocycles. The molecule has 1 N–H and O–H groups in total. The Bertz CT molecular complexity index is 1050. The standard InChI is InChI=1S/C16H20ClNO5.C11H14ClNO2/c1-3-22-15(20)8-9-18(13-7-5-6-12(17)10-13)14(19)11-16(21)23-4-2;1-2-15-11(14)6-7-13-10-5-3-4-9(12)8-10/h5-7,10H,3-4,8-9,11H2,1-2H3;3-5,8,13H,2,6-7H2,1H3. The summed E-state index contributed by atoms with van der Waals surface area (Å²) in [6, 6.07) is 14.0. The Morgan fingerprint density at radius 3 is 1.89 bits per heavy atom. The minimum atomic E-state index is -0.610. The number of hydrogen-bond donors (Lipinski definition) is 1. The number of benzene rings is 2. The van der Waals surface area contributed by atoms with Crippen molar-refractivity contribution in [3.05, 3.63) is 58.6 Å². The zero-order chi connectivity index (χ0) is 28.3. The van der Waals surface area contributed by atoms with E-state index in [9.17, 15) is 19.2 Å². The number of halogens is 2. The summed E-state index contributed by atoms with van der Waals surface area (Å²) >= 11 is 11.7. The van der Waals surface area contributed by atoms with E-state index in [2.05, 4.69) is 5.32 Å². The number of esters is 3. The first-order valence-electron chi connectivity index (χ1n) is 12.2. The number of anilines is 2. The molecule has 0 aliphatic carbocycles. The van der Waals surface area contributed by atoms with Crippen LogP contribution in [0.5, 0.6) is 0 Å². The number of carbonyl (C=O) groups excluding carboxylic acids is 4. The van der Waals surface area contributed by atoms with Gasteiger partial charge in [-0.25, -0.2) is 0 Å². The van der Waals surface area contributed by atoms with Crippen LogP contribution in [0.15, 0.2) is 48.5 Å². The predicted octanol–water partition coefficient (Wildman–Crippen LogP) is 5.28. The quantitative estimate of drug-likeness (QED) is 0.197. The maximum Gasteiger partial charge on any atom is 0.315 e. The number of nitrogens with zero attached hydrogens (tertiary/aromatic N) is 1. The van der Waals surface area contributed by atoms with E-state index in [1.807, 2.05) is 18.2 Å². The maximum atomic E-state index is 12.3. The van der Waals surface area contributed by atoms with Crippen molar-refractivity contribution in [3.8, 4) is 0 Å². The molecular formula is C27H34Cl2N2O7. The van der Waals surface area contributed by atoms with Crippen molar-refractivity contribution in [1.82, 2.24) is 0 Å². The van der Waals surface area contributed by atoms with E-state index in [1.54, 1.807) is 51.1 Å². The first-order chi connectivity index (χ1) is 18.2. The average Bonchev–Trinajstić information content (AvgIpc) is 2.85. The molecule has 0 aliphatic heterocycles. The fourth-order valence-corrected chi connectivity index (χ4v) is 3.42. The molecule has 2 rings (SSSR count). The van der Waals surface area contributed by atoms with Crippen LogP contribution in [0.4, 0.5) is 11.4 Å². The van der Waals surface area contributed by atoms with Gasteiger partial charge in [0.15, 0.2) is 0 Å². The fraction of sp³-hybridized carbons (Fsp3) is 0.407. The van der Waals surface area contributed by atoms with Gasteiger partial charge in [-0.15, -0.1) is 0 Å². The molecule has 0 bridgehead atoms. The third-order valence-corrected chi connectivity index (χ3v) is 5.13. The molecular weight excluding hydrogens is 535 g/mol. The van der Waals surface area contributed by atoms with E-state index in [-0.39, 0.29) is 32.1 Å². The molecule has 2 aromatic carbocycles. The van der Waals surface area contributed by atoms with Crippen LogP contribution in [0, 0.1) is 0 Å². The Hall–Kier alpha value is -3.30. The number of amides is 1. The topological polar surface area (TPSA) is 111 Å². The normalized spacial score (nSPS) is 9.92. The second-order valence-corrected chi connectivity index (χ2v) is 8.43. The zero-order valence-corrected chi connectivity index (χ0v) is 23.3. The van der Waals surface area contributed by atoms with Gasteiger partial charge in [0.05, 0.1) is 32.7 Å².